The van der Waals surface area contributed by atoms with Crippen LogP contribution in [-0.4, -0.2) is 19.9 Å². The lowest BCUT2D eigenvalue weighted by Gasteiger charge is -2.20. The maximum atomic E-state index is 13.0. The second-order valence-electron chi connectivity index (χ2n) is 6.49. The Morgan fingerprint density at radius 3 is 2.69 bits per heavy atom. The Hall–Kier alpha value is -1.93. The molecule has 4 rings (SSSR count). The summed E-state index contributed by atoms with van der Waals surface area (Å²) in [6.07, 6.45) is 6.08. The molecule has 1 aromatic carbocycles. The quantitative estimate of drug-likeness (QED) is 0.510. The van der Waals surface area contributed by atoms with Crippen molar-refractivity contribution in [3.8, 4) is 10.6 Å². The molecule has 2 aromatic heterocycles. The summed E-state index contributed by atoms with van der Waals surface area (Å²) in [6.45, 7) is 0. The highest BCUT2D eigenvalue weighted by atomic mass is 32.2. The molecule has 0 unspecified atom stereocenters. The van der Waals surface area contributed by atoms with Gasteiger partial charge in [0.25, 0.3) is 0 Å². The zero-order valence-corrected chi connectivity index (χ0v) is 15.9. The third-order valence-corrected chi connectivity index (χ3v) is 6.57. The van der Waals surface area contributed by atoms with Crippen molar-refractivity contribution in [3.05, 3.63) is 47.0 Å². The molecule has 0 bridgehead atoms. The normalized spacial score (nSPS) is 15.4. The van der Waals surface area contributed by atoms with Gasteiger partial charge in [0, 0.05) is 22.6 Å². The van der Waals surface area contributed by atoms with E-state index in [9.17, 15) is 4.39 Å². The van der Waals surface area contributed by atoms with Gasteiger partial charge in [-0.25, -0.2) is 14.1 Å². The number of aromatic nitrogens is 4. The Balaban J connectivity index is 1.41. The number of benzene rings is 1. The maximum absolute atomic E-state index is 13.0. The Morgan fingerprint density at radius 1 is 1.15 bits per heavy atom. The number of halogens is 1. The van der Waals surface area contributed by atoms with E-state index in [-0.39, 0.29) is 5.82 Å². The molecule has 0 atom stereocenters. The highest BCUT2D eigenvalue weighted by molar-refractivity contribution is 7.98. The van der Waals surface area contributed by atoms with Crippen molar-refractivity contribution in [1.82, 2.24) is 19.9 Å². The number of hydrogen-bond acceptors (Lipinski definition) is 6. The SMILES string of the molecule is Nn1c(SCc2csc(-c3ccc(F)cc3)n2)nnc1C1CCCCC1. The first kappa shape index (κ1) is 17.5. The molecule has 5 nitrogen and oxygen atoms in total. The fourth-order valence-electron chi connectivity index (χ4n) is 3.26. The van der Waals surface area contributed by atoms with Crippen LogP contribution in [0.15, 0.2) is 34.8 Å². The molecule has 8 heteroatoms. The van der Waals surface area contributed by atoms with Crippen molar-refractivity contribution in [2.24, 2.45) is 0 Å². The summed E-state index contributed by atoms with van der Waals surface area (Å²) in [5, 5.41) is 12.2. The lowest BCUT2D eigenvalue weighted by Crippen LogP contribution is -2.18. The van der Waals surface area contributed by atoms with Gasteiger partial charge in [0.1, 0.15) is 10.8 Å². The van der Waals surface area contributed by atoms with E-state index < -0.39 is 0 Å². The molecule has 136 valence electrons. The predicted octanol–water partition coefficient (Wildman–Crippen LogP) is 4.59. The van der Waals surface area contributed by atoms with Gasteiger partial charge in [-0.2, -0.15) is 0 Å². The van der Waals surface area contributed by atoms with Gasteiger partial charge in [0.05, 0.1) is 5.69 Å². The molecule has 2 heterocycles. The molecule has 0 amide bonds. The van der Waals surface area contributed by atoms with Crippen LogP contribution in [0.4, 0.5) is 4.39 Å². The lowest BCUT2D eigenvalue weighted by molar-refractivity contribution is 0.421. The summed E-state index contributed by atoms with van der Waals surface area (Å²) >= 11 is 3.10. The van der Waals surface area contributed by atoms with Crippen LogP contribution in [0.1, 0.15) is 49.5 Å². The van der Waals surface area contributed by atoms with Crippen LogP contribution in [0.2, 0.25) is 0 Å². The molecule has 1 aliphatic carbocycles. The first-order valence-corrected chi connectivity index (χ1v) is 10.6. The van der Waals surface area contributed by atoms with E-state index >= 15 is 0 Å². The number of hydrogen-bond donors (Lipinski definition) is 1. The van der Waals surface area contributed by atoms with E-state index in [1.165, 1.54) is 31.4 Å². The molecule has 1 aliphatic rings. The first-order chi connectivity index (χ1) is 12.7. The molecule has 1 fully saturated rings. The highest BCUT2D eigenvalue weighted by Crippen LogP contribution is 2.33. The van der Waals surface area contributed by atoms with Gasteiger partial charge in [0.2, 0.25) is 5.16 Å². The number of nitrogens with two attached hydrogens (primary N) is 1. The third kappa shape index (κ3) is 3.76. The van der Waals surface area contributed by atoms with Gasteiger partial charge >= 0.3 is 0 Å². The van der Waals surface area contributed by atoms with Crippen LogP contribution < -0.4 is 5.84 Å². The fraction of sp³-hybridized carbons (Fsp3) is 0.389. The van der Waals surface area contributed by atoms with Crippen LogP contribution in [0.3, 0.4) is 0 Å². The number of nitrogens with zero attached hydrogens (tertiary/aromatic N) is 4. The van der Waals surface area contributed by atoms with Gasteiger partial charge in [-0.05, 0) is 37.1 Å². The molecule has 0 spiro atoms. The Bertz CT molecular complexity index is 868. The van der Waals surface area contributed by atoms with Crippen LogP contribution >= 0.6 is 23.1 Å². The summed E-state index contributed by atoms with van der Waals surface area (Å²) in [6, 6.07) is 6.40. The molecular formula is C18H20FN5S2. The third-order valence-electron chi connectivity index (χ3n) is 4.65. The molecule has 0 saturated heterocycles. The lowest BCUT2D eigenvalue weighted by atomic mass is 9.89. The van der Waals surface area contributed by atoms with E-state index in [4.69, 9.17) is 5.84 Å². The number of thioether (sulfide) groups is 1. The number of rotatable bonds is 5. The van der Waals surface area contributed by atoms with Crippen LogP contribution in [0, 0.1) is 5.82 Å². The maximum Gasteiger partial charge on any atom is 0.210 e. The van der Waals surface area contributed by atoms with Crippen LogP contribution in [-0.2, 0) is 5.75 Å². The highest BCUT2D eigenvalue weighted by Gasteiger charge is 2.22. The standard InChI is InChI=1S/C18H20FN5S2/c19-14-8-6-13(7-9-14)17-21-15(10-25-17)11-26-18-23-22-16(24(18)20)12-4-2-1-3-5-12/h6-10,12H,1-5,11,20H2. The minimum Gasteiger partial charge on any atom is -0.336 e. The van der Waals surface area contributed by atoms with Crippen LogP contribution in [0.5, 0.6) is 0 Å². The molecule has 0 aliphatic heterocycles. The molecular weight excluding hydrogens is 369 g/mol. The molecule has 0 radical (unpaired) electrons. The summed E-state index contributed by atoms with van der Waals surface area (Å²) in [5.74, 6) is 8.00. The fourth-order valence-corrected chi connectivity index (χ4v) is 4.95. The van der Waals surface area contributed by atoms with Crippen LogP contribution in [0.25, 0.3) is 10.6 Å². The van der Waals surface area contributed by atoms with Crippen molar-refractivity contribution < 1.29 is 4.39 Å². The predicted molar refractivity (Wildman–Crippen MR) is 103 cm³/mol. The second kappa shape index (κ2) is 7.75. The topological polar surface area (TPSA) is 69.6 Å². The van der Waals surface area contributed by atoms with Gasteiger partial charge in [-0.1, -0.05) is 31.0 Å². The van der Waals surface area contributed by atoms with E-state index in [0.29, 0.717) is 11.7 Å². The first-order valence-electron chi connectivity index (χ1n) is 8.74. The van der Waals surface area contributed by atoms with Gasteiger partial charge in [-0.3, -0.25) is 0 Å². The summed E-state index contributed by atoms with van der Waals surface area (Å²) in [4.78, 5) is 4.63. The van der Waals surface area contributed by atoms with E-state index in [2.05, 4.69) is 15.2 Å². The van der Waals surface area contributed by atoms with Crippen molar-refractivity contribution in [1.29, 1.82) is 0 Å². The molecule has 2 N–H and O–H groups in total. The van der Waals surface area contributed by atoms with Crippen molar-refractivity contribution in [2.75, 3.05) is 5.84 Å². The van der Waals surface area contributed by atoms with Crippen molar-refractivity contribution >= 4 is 23.1 Å². The monoisotopic (exact) mass is 389 g/mol. The Labute approximate surface area is 159 Å². The van der Waals surface area contributed by atoms with E-state index in [1.54, 1.807) is 39.9 Å². The zero-order valence-electron chi connectivity index (χ0n) is 14.3. The van der Waals surface area contributed by atoms with E-state index in [0.717, 1.165) is 40.1 Å². The smallest absolute Gasteiger partial charge is 0.210 e. The average molecular weight is 390 g/mol. The number of nitrogen functional groups attached to an aromatic ring is 1. The minimum absolute atomic E-state index is 0.239. The Kier molecular flexibility index (Phi) is 5.21. The molecule has 3 aromatic rings. The molecule has 26 heavy (non-hydrogen) atoms. The minimum atomic E-state index is -0.239. The average Bonchev–Trinajstić information content (AvgIpc) is 3.28. The summed E-state index contributed by atoms with van der Waals surface area (Å²) < 4.78 is 14.7. The number of thiazole rings is 1. The zero-order chi connectivity index (χ0) is 17.9. The summed E-state index contributed by atoms with van der Waals surface area (Å²) in [5.41, 5.74) is 1.88. The second-order valence-corrected chi connectivity index (χ2v) is 8.29. The van der Waals surface area contributed by atoms with Gasteiger partial charge in [-0.15, -0.1) is 21.5 Å². The molecule has 1 saturated carbocycles. The largest absolute Gasteiger partial charge is 0.336 e. The van der Waals surface area contributed by atoms with Gasteiger partial charge < -0.3 is 5.84 Å². The van der Waals surface area contributed by atoms with Crippen molar-refractivity contribution in [3.63, 3.8) is 0 Å². The van der Waals surface area contributed by atoms with Crippen molar-refractivity contribution in [2.45, 2.75) is 48.9 Å². The summed E-state index contributed by atoms with van der Waals surface area (Å²) in [7, 11) is 0. The van der Waals surface area contributed by atoms with E-state index in [1.807, 2.05) is 5.38 Å². The Morgan fingerprint density at radius 2 is 1.92 bits per heavy atom. The van der Waals surface area contributed by atoms with Gasteiger partial charge in [0.15, 0.2) is 5.82 Å².